The minimum Gasteiger partial charge on any atom is -0.426 e. The summed E-state index contributed by atoms with van der Waals surface area (Å²) in [6, 6.07) is 12.9. The molecule has 0 saturated carbocycles. The quantitative estimate of drug-likeness (QED) is 0.0690. The smallest absolute Gasteiger partial charge is 0.311 e. The molecule has 0 spiro atoms. The van der Waals surface area contributed by atoms with Gasteiger partial charge in [-0.15, -0.1) is 22.7 Å². The first kappa shape index (κ1) is 43.0. The number of benzene rings is 2. The van der Waals surface area contributed by atoms with Crippen molar-refractivity contribution in [2.45, 2.75) is 140 Å². The maximum absolute atomic E-state index is 13.5. The largest absolute Gasteiger partial charge is 0.426 e. The molecule has 0 aliphatic carbocycles. The van der Waals surface area contributed by atoms with Crippen LogP contribution in [0.5, 0.6) is 11.5 Å². The minimum absolute atomic E-state index is 0.0384. The van der Waals surface area contributed by atoms with Crippen LogP contribution in [0.4, 0.5) is 0 Å². The van der Waals surface area contributed by atoms with E-state index in [9.17, 15) is 9.59 Å². The maximum Gasteiger partial charge on any atom is 0.311 e. The van der Waals surface area contributed by atoms with E-state index in [1.807, 2.05) is 24.3 Å². The lowest BCUT2D eigenvalue weighted by molar-refractivity contribution is -0.137. The van der Waals surface area contributed by atoms with Gasteiger partial charge in [-0.05, 0) is 113 Å². The average molecular weight is 763 g/mol. The maximum atomic E-state index is 13.5. The summed E-state index contributed by atoms with van der Waals surface area (Å²) in [5, 5.41) is 13.5. The number of ether oxygens (including phenoxy) is 2. The van der Waals surface area contributed by atoms with Gasteiger partial charge < -0.3 is 20.1 Å². The molecule has 2 N–H and O–H groups in total. The fraction of sp³-hybridized carbons (Fsp3) is 0.600. The Hall–Kier alpha value is -2.78. The van der Waals surface area contributed by atoms with Crippen molar-refractivity contribution < 1.29 is 19.1 Å². The third kappa shape index (κ3) is 13.2. The van der Waals surface area contributed by atoms with Crippen LogP contribution in [0.15, 0.2) is 47.2 Å². The van der Waals surface area contributed by atoms with Crippen molar-refractivity contribution in [1.29, 1.82) is 0 Å². The summed E-state index contributed by atoms with van der Waals surface area (Å²) in [6.07, 6.45) is 5.16. The van der Waals surface area contributed by atoms with Gasteiger partial charge in [0.1, 0.15) is 11.5 Å². The summed E-state index contributed by atoms with van der Waals surface area (Å²) in [4.78, 5) is 26.9. The van der Waals surface area contributed by atoms with Crippen LogP contribution in [0.1, 0.15) is 126 Å². The summed E-state index contributed by atoms with van der Waals surface area (Å²) in [5.74, 6) is 0.951. The molecule has 0 radical (unpaired) electrons. The highest BCUT2D eigenvalue weighted by molar-refractivity contribution is 7.17. The van der Waals surface area contributed by atoms with E-state index in [1.54, 1.807) is 22.7 Å². The molecule has 0 aliphatic heterocycles. The molecule has 2 aromatic carbocycles. The molecule has 0 fully saturated rings. The molecule has 0 amide bonds. The van der Waals surface area contributed by atoms with Crippen molar-refractivity contribution in [3.05, 3.63) is 58.3 Å². The first-order chi connectivity index (χ1) is 24.6. The Balaban J connectivity index is 1.33. The Kier molecular flexibility index (Phi) is 14.4. The van der Waals surface area contributed by atoms with Crippen molar-refractivity contribution >= 4 is 54.8 Å². The molecule has 4 rings (SSSR count). The minimum atomic E-state index is -0.255. The molecule has 2 aromatic heterocycles. The van der Waals surface area contributed by atoms with E-state index in [0.717, 1.165) is 65.4 Å². The summed E-state index contributed by atoms with van der Waals surface area (Å²) in [5.41, 5.74) is 1.86. The van der Waals surface area contributed by atoms with Crippen LogP contribution in [0, 0.1) is 21.7 Å². The molecule has 0 atom stereocenters. The molecular weight excluding hydrogens is 697 g/mol. The third-order valence-electron chi connectivity index (χ3n) is 9.73. The molecule has 2 heterocycles. The molecule has 4 aromatic rings. The predicted molar refractivity (Wildman–Crippen MR) is 227 cm³/mol. The Morgan fingerprint density at radius 2 is 0.943 bits per heavy atom. The van der Waals surface area contributed by atoms with Gasteiger partial charge in [0.05, 0.1) is 12.8 Å². The van der Waals surface area contributed by atoms with Gasteiger partial charge in [-0.3, -0.25) is 9.59 Å². The number of fused-ring (bicyclic) bond motifs is 2. The molecule has 0 aliphatic rings. The molecule has 8 heteroatoms. The van der Waals surface area contributed by atoms with Crippen LogP contribution in [0.3, 0.4) is 0 Å². The van der Waals surface area contributed by atoms with Crippen LogP contribution in [-0.4, -0.2) is 37.1 Å². The topological polar surface area (TPSA) is 76.7 Å². The molecule has 0 saturated heterocycles. The summed E-state index contributed by atoms with van der Waals surface area (Å²) < 4.78 is 14.5. The standard InChI is InChI=1S/C45H66N2O4S2/c1-30(2)46-21-19-32-25-52-36-17-13-15-34(40(32)36)50-38(48)23-42(5,6)27-44(9,10)29-45(11,12)28-43(7,8)24-39(49)51-35-16-14-18-37-41(35)33(26-53-37)20-22-47-31(3)4/h13-18,25-26,30-31,46-47H,19-24,27-29H2,1-12H3. The fourth-order valence-electron chi connectivity index (χ4n) is 9.00. The Labute approximate surface area is 327 Å². The lowest BCUT2D eigenvalue weighted by Gasteiger charge is -2.42. The summed E-state index contributed by atoms with van der Waals surface area (Å²) in [6.45, 7) is 28.3. The van der Waals surface area contributed by atoms with Gasteiger partial charge in [-0.1, -0.05) is 95.2 Å². The van der Waals surface area contributed by atoms with E-state index in [1.165, 1.54) is 11.1 Å². The second kappa shape index (κ2) is 17.8. The second-order valence-electron chi connectivity index (χ2n) is 19.0. The highest BCUT2D eigenvalue weighted by Crippen LogP contribution is 2.48. The van der Waals surface area contributed by atoms with Gasteiger partial charge in [-0.2, -0.15) is 0 Å². The number of carbonyl (C=O) groups excluding carboxylic acids is 2. The number of hydrogen-bond acceptors (Lipinski definition) is 8. The molecule has 292 valence electrons. The monoisotopic (exact) mass is 762 g/mol. The van der Waals surface area contributed by atoms with Crippen LogP contribution < -0.4 is 20.1 Å². The number of nitrogens with one attached hydrogen (secondary N) is 2. The highest BCUT2D eigenvalue weighted by Gasteiger charge is 2.38. The van der Waals surface area contributed by atoms with Gasteiger partial charge in [-0.25, -0.2) is 0 Å². The zero-order valence-electron chi connectivity index (χ0n) is 34.6. The summed E-state index contributed by atoms with van der Waals surface area (Å²) >= 11 is 3.41. The molecule has 0 bridgehead atoms. The Morgan fingerprint density at radius 3 is 1.30 bits per heavy atom. The number of hydrogen-bond donors (Lipinski definition) is 2. The average Bonchev–Trinajstić information content (AvgIpc) is 3.59. The zero-order chi connectivity index (χ0) is 39.2. The van der Waals surface area contributed by atoms with Crippen molar-refractivity contribution in [3.8, 4) is 11.5 Å². The van der Waals surface area contributed by atoms with E-state index in [-0.39, 0.29) is 33.6 Å². The van der Waals surface area contributed by atoms with Gasteiger partial charge in [0.25, 0.3) is 0 Å². The lowest BCUT2D eigenvalue weighted by Crippen LogP contribution is -2.33. The van der Waals surface area contributed by atoms with Crippen molar-refractivity contribution in [2.24, 2.45) is 21.7 Å². The number of esters is 2. The number of thiophene rings is 2. The SMILES string of the molecule is CC(C)NCCc1csc2cccc(OC(=O)CC(C)(C)CC(C)(C)CC(C)(C)CC(C)(C)CC(=O)Oc3cccc4scc(CCNC(C)C)c34)c12. The van der Waals surface area contributed by atoms with Crippen molar-refractivity contribution in [1.82, 2.24) is 10.6 Å². The Bertz CT molecular complexity index is 1700. The van der Waals surface area contributed by atoms with Crippen LogP contribution in [0.25, 0.3) is 20.2 Å². The number of rotatable bonds is 20. The van der Waals surface area contributed by atoms with E-state index in [0.29, 0.717) is 36.4 Å². The van der Waals surface area contributed by atoms with Gasteiger partial charge in [0, 0.05) is 32.3 Å². The molecule has 53 heavy (non-hydrogen) atoms. The third-order valence-corrected chi connectivity index (χ3v) is 11.7. The molecular formula is C45H66N2O4S2. The van der Waals surface area contributed by atoms with E-state index in [4.69, 9.17) is 9.47 Å². The Morgan fingerprint density at radius 1 is 0.585 bits per heavy atom. The predicted octanol–water partition coefficient (Wildman–Crippen LogP) is 11.8. The first-order valence-electron chi connectivity index (χ1n) is 19.5. The van der Waals surface area contributed by atoms with Crippen molar-refractivity contribution in [3.63, 3.8) is 0 Å². The second-order valence-corrected chi connectivity index (χ2v) is 20.8. The van der Waals surface area contributed by atoms with Crippen LogP contribution in [0.2, 0.25) is 0 Å². The molecule has 6 nitrogen and oxygen atoms in total. The molecule has 0 unspecified atom stereocenters. The van der Waals surface area contributed by atoms with Gasteiger partial charge in [0.15, 0.2) is 0 Å². The van der Waals surface area contributed by atoms with E-state index in [2.05, 4.69) is 117 Å². The fourth-order valence-corrected chi connectivity index (χ4v) is 11.0. The van der Waals surface area contributed by atoms with Crippen LogP contribution in [-0.2, 0) is 22.4 Å². The van der Waals surface area contributed by atoms with Gasteiger partial charge >= 0.3 is 11.9 Å². The number of carbonyl (C=O) groups is 2. The zero-order valence-corrected chi connectivity index (χ0v) is 36.2. The van der Waals surface area contributed by atoms with Crippen molar-refractivity contribution in [2.75, 3.05) is 13.1 Å². The van der Waals surface area contributed by atoms with Crippen LogP contribution >= 0.6 is 22.7 Å². The van der Waals surface area contributed by atoms with Gasteiger partial charge in [0.2, 0.25) is 0 Å². The lowest BCUT2D eigenvalue weighted by atomic mass is 9.63. The summed E-state index contributed by atoms with van der Waals surface area (Å²) in [7, 11) is 0. The normalized spacial score (nSPS) is 13.1. The van der Waals surface area contributed by atoms with E-state index >= 15 is 0 Å². The first-order valence-corrected chi connectivity index (χ1v) is 21.3. The van der Waals surface area contributed by atoms with E-state index < -0.39 is 0 Å². The highest BCUT2D eigenvalue weighted by atomic mass is 32.1.